The van der Waals surface area contributed by atoms with Crippen molar-refractivity contribution in [2.75, 3.05) is 7.11 Å². The van der Waals surface area contributed by atoms with Crippen molar-refractivity contribution >= 4 is 0 Å². The minimum Gasteiger partial charge on any atom is -0.497 e. The predicted octanol–water partition coefficient (Wildman–Crippen LogP) is 2.35. The monoisotopic (exact) mass is 245 g/mol. The minimum atomic E-state index is -0.221. The summed E-state index contributed by atoms with van der Waals surface area (Å²) in [5.41, 5.74) is 7.29. The highest BCUT2D eigenvalue weighted by atomic mass is 16.5. The molecule has 0 fully saturated rings. The van der Waals surface area contributed by atoms with Crippen LogP contribution in [-0.4, -0.2) is 16.7 Å². The average molecular weight is 245 g/mol. The lowest BCUT2D eigenvalue weighted by molar-refractivity contribution is 0.414. The van der Waals surface area contributed by atoms with Gasteiger partial charge in [-0.05, 0) is 24.1 Å². The maximum Gasteiger partial charge on any atom is 0.130 e. The second kappa shape index (κ2) is 5.69. The van der Waals surface area contributed by atoms with E-state index in [1.54, 1.807) is 13.3 Å². The van der Waals surface area contributed by atoms with E-state index in [-0.39, 0.29) is 6.04 Å². The maximum atomic E-state index is 6.28. The highest BCUT2D eigenvalue weighted by Gasteiger charge is 2.14. The van der Waals surface area contributed by atoms with E-state index < -0.39 is 0 Å². The number of aryl methyl sites for hydroxylation is 1. The Hall–Kier alpha value is -1.81. The maximum absolute atomic E-state index is 6.28. The van der Waals surface area contributed by atoms with Gasteiger partial charge in [-0.1, -0.05) is 19.1 Å². The number of methoxy groups -OCH3 is 1. The molecule has 1 aromatic carbocycles. The first kappa shape index (κ1) is 12.6. The minimum absolute atomic E-state index is 0.221. The van der Waals surface area contributed by atoms with Gasteiger partial charge in [0.1, 0.15) is 11.6 Å². The number of benzene rings is 1. The van der Waals surface area contributed by atoms with E-state index in [2.05, 4.69) is 16.5 Å². The number of imidazole rings is 1. The number of nitrogens with two attached hydrogens (primary N) is 1. The van der Waals surface area contributed by atoms with Crippen molar-refractivity contribution in [1.82, 2.24) is 9.55 Å². The van der Waals surface area contributed by atoms with Gasteiger partial charge in [0.05, 0.1) is 13.2 Å². The molecule has 4 nitrogen and oxygen atoms in total. The van der Waals surface area contributed by atoms with Crippen LogP contribution in [0.1, 0.15) is 30.8 Å². The molecule has 4 heteroatoms. The molecule has 0 saturated heterocycles. The van der Waals surface area contributed by atoms with Crippen LogP contribution >= 0.6 is 0 Å². The highest BCUT2D eigenvalue weighted by molar-refractivity contribution is 5.33. The first-order valence-corrected chi connectivity index (χ1v) is 6.16. The topological polar surface area (TPSA) is 53.1 Å². The van der Waals surface area contributed by atoms with Crippen molar-refractivity contribution in [2.24, 2.45) is 5.73 Å². The second-order valence-corrected chi connectivity index (χ2v) is 4.23. The molecule has 0 amide bonds. The van der Waals surface area contributed by atoms with E-state index in [9.17, 15) is 0 Å². The number of hydrogen-bond acceptors (Lipinski definition) is 3. The summed E-state index contributed by atoms with van der Waals surface area (Å²) in [5.74, 6) is 1.71. The van der Waals surface area contributed by atoms with Crippen molar-refractivity contribution < 1.29 is 4.74 Å². The summed E-state index contributed by atoms with van der Waals surface area (Å²) >= 11 is 0. The Labute approximate surface area is 107 Å². The van der Waals surface area contributed by atoms with E-state index in [4.69, 9.17) is 10.5 Å². The van der Waals surface area contributed by atoms with E-state index in [0.29, 0.717) is 0 Å². The lowest BCUT2D eigenvalue weighted by Crippen LogP contribution is -2.17. The van der Waals surface area contributed by atoms with Gasteiger partial charge in [-0.25, -0.2) is 4.98 Å². The summed E-state index contributed by atoms with van der Waals surface area (Å²) in [4.78, 5) is 4.36. The summed E-state index contributed by atoms with van der Waals surface area (Å²) in [6, 6.07) is 7.59. The van der Waals surface area contributed by atoms with Gasteiger partial charge in [-0.15, -0.1) is 0 Å². The number of ether oxygens (including phenoxy) is 1. The van der Waals surface area contributed by atoms with E-state index in [1.165, 1.54) is 0 Å². The SMILES string of the molecule is CCCn1ccnc1C(N)c1cccc(OC)c1. The normalized spacial score (nSPS) is 12.4. The van der Waals surface area contributed by atoms with Crippen LogP contribution in [-0.2, 0) is 6.54 Å². The Bertz CT molecular complexity index is 507. The van der Waals surface area contributed by atoms with Crippen LogP contribution in [0.3, 0.4) is 0 Å². The third-order valence-electron chi connectivity index (χ3n) is 2.94. The Balaban J connectivity index is 2.29. The molecular weight excluding hydrogens is 226 g/mol. The molecule has 0 radical (unpaired) electrons. The van der Waals surface area contributed by atoms with Crippen molar-refractivity contribution in [2.45, 2.75) is 25.9 Å². The summed E-state index contributed by atoms with van der Waals surface area (Å²) in [6.07, 6.45) is 4.83. The lowest BCUT2D eigenvalue weighted by atomic mass is 10.1. The number of hydrogen-bond donors (Lipinski definition) is 1. The molecule has 96 valence electrons. The fraction of sp³-hybridized carbons (Fsp3) is 0.357. The lowest BCUT2D eigenvalue weighted by Gasteiger charge is -2.14. The Morgan fingerprint density at radius 3 is 3.00 bits per heavy atom. The van der Waals surface area contributed by atoms with Gasteiger partial charge >= 0.3 is 0 Å². The zero-order valence-electron chi connectivity index (χ0n) is 10.8. The van der Waals surface area contributed by atoms with Gasteiger partial charge in [0.15, 0.2) is 0 Å². The largest absolute Gasteiger partial charge is 0.497 e. The number of aromatic nitrogens is 2. The number of rotatable bonds is 5. The van der Waals surface area contributed by atoms with Crippen LogP contribution in [0.4, 0.5) is 0 Å². The molecule has 0 aliphatic carbocycles. The van der Waals surface area contributed by atoms with Crippen LogP contribution in [0, 0.1) is 0 Å². The van der Waals surface area contributed by atoms with Gasteiger partial charge < -0.3 is 15.0 Å². The summed E-state index contributed by atoms with van der Waals surface area (Å²) in [6.45, 7) is 3.08. The van der Waals surface area contributed by atoms with Crippen LogP contribution in [0.15, 0.2) is 36.7 Å². The van der Waals surface area contributed by atoms with E-state index >= 15 is 0 Å². The molecule has 0 aliphatic rings. The predicted molar refractivity (Wildman–Crippen MR) is 71.5 cm³/mol. The fourth-order valence-electron chi connectivity index (χ4n) is 2.01. The zero-order valence-corrected chi connectivity index (χ0v) is 10.8. The average Bonchev–Trinajstić information content (AvgIpc) is 2.86. The first-order valence-electron chi connectivity index (χ1n) is 6.16. The zero-order chi connectivity index (χ0) is 13.0. The summed E-state index contributed by atoms with van der Waals surface area (Å²) in [5, 5.41) is 0. The smallest absolute Gasteiger partial charge is 0.130 e. The molecule has 2 rings (SSSR count). The molecule has 0 saturated carbocycles. The van der Waals surface area contributed by atoms with Gasteiger partial charge in [-0.2, -0.15) is 0 Å². The summed E-state index contributed by atoms with van der Waals surface area (Å²) < 4.78 is 7.32. The molecule has 1 unspecified atom stereocenters. The van der Waals surface area contributed by atoms with Crippen molar-refractivity contribution in [1.29, 1.82) is 0 Å². The van der Waals surface area contributed by atoms with Gasteiger partial charge in [0.2, 0.25) is 0 Å². The van der Waals surface area contributed by atoms with E-state index in [0.717, 1.165) is 30.1 Å². The van der Waals surface area contributed by atoms with Crippen LogP contribution in [0.2, 0.25) is 0 Å². The molecule has 1 aromatic heterocycles. The standard InChI is InChI=1S/C14H19N3O/c1-3-8-17-9-7-16-14(17)13(15)11-5-4-6-12(10-11)18-2/h4-7,9-10,13H,3,8,15H2,1-2H3. The van der Waals surface area contributed by atoms with E-state index in [1.807, 2.05) is 30.5 Å². The second-order valence-electron chi connectivity index (χ2n) is 4.23. The highest BCUT2D eigenvalue weighted by Crippen LogP contribution is 2.22. The summed E-state index contributed by atoms with van der Waals surface area (Å²) in [7, 11) is 1.66. The molecule has 0 spiro atoms. The van der Waals surface area contributed by atoms with Crippen LogP contribution in [0.25, 0.3) is 0 Å². The molecule has 0 aliphatic heterocycles. The Morgan fingerprint density at radius 1 is 1.44 bits per heavy atom. The van der Waals surface area contributed by atoms with Gasteiger partial charge in [0.25, 0.3) is 0 Å². The third kappa shape index (κ3) is 2.54. The molecule has 1 atom stereocenters. The van der Waals surface area contributed by atoms with Crippen LogP contribution in [0.5, 0.6) is 5.75 Å². The molecule has 2 N–H and O–H groups in total. The number of nitrogens with zero attached hydrogens (tertiary/aromatic N) is 2. The van der Waals surface area contributed by atoms with Crippen molar-refractivity contribution in [3.63, 3.8) is 0 Å². The van der Waals surface area contributed by atoms with Gasteiger partial charge in [-0.3, -0.25) is 0 Å². The molecule has 1 heterocycles. The molecule has 2 aromatic rings. The molecular formula is C14H19N3O. The molecule has 18 heavy (non-hydrogen) atoms. The third-order valence-corrected chi connectivity index (χ3v) is 2.94. The first-order chi connectivity index (χ1) is 8.76. The fourth-order valence-corrected chi connectivity index (χ4v) is 2.01. The van der Waals surface area contributed by atoms with Gasteiger partial charge in [0, 0.05) is 18.9 Å². The Kier molecular flexibility index (Phi) is 3.99. The molecule has 0 bridgehead atoms. The van der Waals surface area contributed by atoms with Crippen molar-refractivity contribution in [3.05, 3.63) is 48.0 Å². The quantitative estimate of drug-likeness (QED) is 0.879. The Morgan fingerprint density at radius 2 is 2.28 bits per heavy atom. The van der Waals surface area contributed by atoms with Crippen LogP contribution < -0.4 is 10.5 Å². The van der Waals surface area contributed by atoms with Crippen molar-refractivity contribution in [3.8, 4) is 5.75 Å².